The summed E-state index contributed by atoms with van der Waals surface area (Å²) in [4.78, 5) is 28.9. The number of piperidine rings is 1. The first-order chi connectivity index (χ1) is 12.0. The second-order valence-corrected chi connectivity index (χ2v) is 6.47. The van der Waals surface area contributed by atoms with Gasteiger partial charge >= 0.3 is 5.97 Å². The number of likely N-dealkylation sites (tertiary alicyclic amines) is 1. The topological polar surface area (TPSA) is 96.5 Å². The van der Waals surface area contributed by atoms with Gasteiger partial charge in [0.15, 0.2) is 0 Å². The maximum absolute atomic E-state index is 12.1. The highest BCUT2D eigenvalue weighted by molar-refractivity contribution is 6.30. The lowest BCUT2D eigenvalue weighted by atomic mass is 9.97. The van der Waals surface area contributed by atoms with E-state index in [2.05, 4.69) is 10.1 Å². The SMILES string of the molecule is O=C(O)CCC(=O)N1CCCC(c2nc(-c3ccc(Cl)cc3)no2)C1. The van der Waals surface area contributed by atoms with Crippen molar-refractivity contribution in [2.24, 2.45) is 0 Å². The predicted octanol–water partition coefficient (Wildman–Crippen LogP) is 2.96. The molecule has 25 heavy (non-hydrogen) atoms. The molecule has 0 radical (unpaired) electrons. The van der Waals surface area contributed by atoms with E-state index < -0.39 is 5.97 Å². The number of carbonyl (C=O) groups excluding carboxylic acids is 1. The smallest absolute Gasteiger partial charge is 0.303 e. The van der Waals surface area contributed by atoms with E-state index in [0.717, 1.165) is 18.4 Å². The number of nitrogens with zero attached hydrogens (tertiary/aromatic N) is 3. The van der Waals surface area contributed by atoms with Crippen LogP contribution in [0.25, 0.3) is 11.4 Å². The molecule has 1 unspecified atom stereocenters. The van der Waals surface area contributed by atoms with Crippen LogP contribution in [0, 0.1) is 0 Å². The van der Waals surface area contributed by atoms with Gasteiger partial charge in [0.05, 0.1) is 12.3 Å². The van der Waals surface area contributed by atoms with Crippen molar-refractivity contribution in [1.29, 1.82) is 0 Å². The van der Waals surface area contributed by atoms with E-state index in [9.17, 15) is 9.59 Å². The first kappa shape index (κ1) is 17.4. The van der Waals surface area contributed by atoms with Crippen LogP contribution in [0.2, 0.25) is 5.02 Å². The Morgan fingerprint density at radius 1 is 1.28 bits per heavy atom. The molecule has 0 bridgehead atoms. The molecule has 0 aliphatic carbocycles. The van der Waals surface area contributed by atoms with Crippen LogP contribution < -0.4 is 0 Å². The summed E-state index contributed by atoms with van der Waals surface area (Å²) in [6, 6.07) is 7.16. The molecular formula is C17H18ClN3O4. The minimum Gasteiger partial charge on any atom is -0.481 e. The zero-order chi connectivity index (χ0) is 17.8. The summed E-state index contributed by atoms with van der Waals surface area (Å²) in [6.45, 7) is 1.10. The Kier molecular flexibility index (Phi) is 5.33. The lowest BCUT2D eigenvalue weighted by Crippen LogP contribution is -2.39. The number of hydrogen-bond donors (Lipinski definition) is 1. The normalized spacial score (nSPS) is 17.5. The van der Waals surface area contributed by atoms with E-state index >= 15 is 0 Å². The van der Waals surface area contributed by atoms with Gasteiger partial charge < -0.3 is 14.5 Å². The second-order valence-electron chi connectivity index (χ2n) is 6.04. The molecule has 0 spiro atoms. The third-order valence-corrected chi connectivity index (χ3v) is 4.47. The summed E-state index contributed by atoms with van der Waals surface area (Å²) < 4.78 is 5.39. The number of carboxylic acids is 1. The van der Waals surface area contributed by atoms with Gasteiger partial charge in [-0.3, -0.25) is 9.59 Å². The van der Waals surface area contributed by atoms with Crippen LogP contribution in [0.15, 0.2) is 28.8 Å². The lowest BCUT2D eigenvalue weighted by molar-refractivity contribution is -0.141. The maximum Gasteiger partial charge on any atom is 0.303 e. The van der Waals surface area contributed by atoms with E-state index in [1.54, 1.807) is 17.0 Å². The average Bonchev–Trinajstić information content (AvgIpc) is 3.10. The molecule has 2 heterocycles. The van der Waals surface area contributed by atoms with Gasteiger partial charge in [-0.2, -0.15) is 4.98 Å². The molecule has 1 saturated heterocycles. The fourth-order valence-electron chi connectivity index (χ4n) is 2.89. The number of carbonyl (C=O) groups is 2. The quantitative estimate of drug-likeness (QED) is 0.877. The van der Waals surface area contributed by atoms with Gasteiger partial charge in [-0.25, -0.2) is 0 Å². The Bertz CT molecular complexity index is 760. The predicted molar refractivity (Wildman–Crippen MR) is 90.2 cm³/mol. The molecule has 1 fully saturated rings. The van der Waals surface area contributed by atoms with E-state index in [0.29, 0.717) is 29.8 Å². The van der Waals surface area contributed by atoms with Crippen molar-refractivity contribution >= 4 is 23.5 Å². The van der Waals surface area contributed by atoms with Crippen molar-refractivity contribution in [2.75, 3.05) is 13.1 Å². The zero-order valence-corrected chi connectivity index (χ0v) is 14.3. The number of aliphatic carboxylic acids is 1. The molecule has 1 N–H and O–H groups in total. The Hall–Kier alpha value is -2.41. The van der Waals surface area contributed by atoms with Crippen molar-refractivity contribution in [3.8, 4) is 11.4 Å². The molecular weight excluding hydrogens is 346 g/mol. The summed E-state index contributed by atoms with van der Waals surface area (Å²) >= 11 is 5.88. The van der Waals surface area contributed by atoms with Crippen LogP contribution in [0.4, 0.5) is 0 Å². The summed E-state index contributed by atoms with van der Waals surface area (Å²) in [6.07, 6.45) is 1.54. The number of benzene rings is 1. The summed E-state index contributed by atoms with van der Waals surface area (Å²) in [5.74, 6) is -0.159. The van der Waals surface area contributed by atoms with Gasteiger partial charge in [-0.05, 0) is 37.1 Å². The third kappa shape index (κ3) is 4.36. The number of rotatable bonds is 5. The summed E-state index contributed by atoms with van der Waals surface area (Å²) in [5.41, 5.74) is 0.810. The van der Waals surface area contributed by atoms with Crippen LogP contribution in [0.1, 0.15) is 37.5 Å². The fraction of sp³-hybridized carbons (Fsp3) is 0.412. The van der Waals surface area contributed by atoms with Crippen molar-refractivity contribution in [3.05, 3.63) is 35.2 Å². The molecule has 1 atom stereocenters. The molecule has 1 aliphatic heterocycles. The minimum atomic E-state index is -0.966. The van der Waals surface area contributed by atoms with Gasteiger partial charge in [0, 0.05) is 30.1 Å². The van der Waals surface area contributed by atoms with Crippen molar-refractivity contribution in [2.45, 2.75) is 31.6 Å². The third-order valence-electron chi connectivity index (χ3n) is 4.22. The Morgan fingerprint density at radius 3 is 2.76 bits per heavy atom. The van der Waals surface area contributed by atoms with Crippen molar-refractivity contribution < 1.29 is 19.2 Å². The summed E-state index contributed by atoms with van der Waals surface area (Å²) in [5, 5.41) is 13.4. The minimum absolute atomic E-state index is 0.0158. The van der Waals surface area contributed by atoms with E-state index in [-0.39, 0.29) is 24.7 Å². The van der Waals surface area contributed by atoms with E-state index in [1.807, 2.05) is 12.1 Å². The number of aromatic nitrogens is 2. The monoisotopic (exact) mass is 363 g/mol. The average molecular weight is 364 g/mol. The Balaban J connectivity index is 1.66. The lowest BCUT2D eigenvalue weighted by Gasteiger charge is -2.31. The molecule has 1 aromatic heterocycles. The van der Waals surface area contributed by atoms with Crippen LogP contribution in [-0.4, -0.2) is 45.1 Å². The molecule has 7 nitrogen and oxygen atoms in total. The standard InChI is InChI=1S/C17H18ClN3O4/c18-13-5-3-11(4-6-13)16-19-17(25-20-16)12-2-1-9-21(10-12)14(22)7-8-15(23)24/h3-6,12H,1-2,7-10H2,(H,23,24). The van der Waals surface area contributed by atoms with Gasteiger partial charge in [0.1, 0.15) is 0 Å². The number of carboxylic acid groups (broad SMARTS) is 1. The van der Waals surface area contributed by atoms with Gasteiger partial charge in [-0.15, -0.1) is 0 Å². The van der Waals surface area contributed by atoms with Crippen molar-refractivity contribution in [3.63, 3.8) is 0 Å². The number of hydrogen-bond acceptors (Lipinski definition) is 5. The van der Waals surface area contributed by atoms with Crippen LogP contribution in [0.5, 0.6) is 0 Å². The maximum atomic E-state index is 12.1. The van der Waals surface area contributed by atoms with Gasteiger partial charge in [-0.1, -0.05) is 16.8 Å². The first-order valence-electron chi connectivity index (χ1n) is 8.12. The first-order valence-corrected chi connectivity index (χ1v) is 8.50. The molecule has 8 heteroatoms. The molecule has 1 aromatic carbocycles. The molecule has 2 aromatic rings. The fourth-order valence-corrected chi connectivity index (χ4v) is 3.02. The number of amides is 1. The van der Waals surface area contributed by atoms with Crippen LogP contribution in [0.3, 0.4) is 0 Å². The zero-order valence-electron chi connectivity index (χ0n) is 13.5. The second kappa shape index (κ2) is 7.65. The molecule has 1 aliphatic rings. The summed E-state index contributed by atoms with van der Waals surface area (Å²) in [7, 11) is 0. The Morgan fingerprint density at radius 2 is 2.04 bits per heavy atom. The van der Waals surface area contributed by atoms with Crippen molar-refractivity contribution in [1.82, 2.24) is 15.0 Å². The van der Waals surface area contributed by atoms with E-state index in [4.69, 9.17) is 21.2 Å². The number of halogens is 1. The van der Waals surface area contributed by atoms with Gasteiger partial charge in [0.2, 0.25) is 17.6 Å². The highest BCUT2D eigenvalue weighted by Crippen LogP contribution is 2.28. The van der Waals surface area contributed by atoms with E-state index in [1.165, 1.54) is 0 Å². The van der Waals surface area contributed by atoms with Crippen LogP contribution >= 0.6 is 11.6 Å². The molecule has 3 rings (SSSR count). The Labute approximate surface area is 149 Å². The molecule has 1 amide bonds. The van der Waals surface area contributed by atoms with Crippen LogP contribution in [-0.2, 0) is 9.59 Å². The highest BCUT2D eigenvalue weighted by atomic mass is 35.5. The molecule has 132 valence electrons. The largest absolute Gasteiger partial charge is 0.481 e. The van der Waals surface area contributed by atoms with Gasteiger partial charge in [0.25, 0.3) is 0 Å². The highest BCUT2D eigenvalue weighted by Gasteiger charge is 2.28. The molecule has 0 saturated carbocycles.